The molecule has 1 aliphatic carbocycles. The molecule has 2 atom stereocenters. The SMILES string of the molecule is CC(=O)OC1C=C[C@H](OC(C)=O)C1. The van der Waals surface area contributed by atoms with E-state index in [4.69, 9.17) is 9.47 Å². The van der Waals surface area contributed by atoms with Crippen LogP contribution in [-0.2, 0) is 19.1 Å². The van der Waals surface area contributed by atoms with Gasteiger partial charge in [0.25, 0.3) is 0 Å². The predicted molar refractivity (Wildman–Crippen MR) is 44.9 cm³/mol. The Bertz CT molecular complexity index is 220. The van der Waals surface area contributed by atoms with Crippen molar-refractivity contribution < 1.29 is 19.1 Å². The van der Waals surface area contributed by atoms with Crippen molar-refractivity contribution in [3.05, 3.63) is 12.2 Å². The molecule has 0 saturated carbocycles. The third-order valence-corrected chi connectivity index (χ3v) is 1.64. The first-order valence-corrected chi connectivity index (χ1v) is 4.10. The summed E-state index contributed by atoms with van der Waals surface area (Å²) in [5, 5.41) is 0. The van der Waals surface area contributed by atoms with E-state index in [1.165, 1.54) is 13.8 Å². The normalized spacial score (nSPS) is 25.7. The maximum Gasteiger partial charge on any atom is 0.303 e. The molecule has 0 aromatic carbocycles. The zero-order valence-electron chi connectivity index (χ0n) is 7.65. The minimum atomic E-state index is -0.321. The van der Waals surface area contributed by atoms with Crippen LogP contribution >= 0.6 is 0 Å². The maximum atomic E-state index is 10.6. The maximum absolute atomic E-state index is 10.6. The van der Waals surface area contributed by atoms with Gasteiger partial charge in [0.15, 0.2) is 0 Å². The van der Waals surface area contributed by atoms with Gasteiger partial charge < -0.3 is 9.47 Å². The number of rotatable bonds is 2. The lowest BCUT2D eigenvalue weighted by Gasteiger charge is -2.11. The molecule has 0 heterocycles. The van der Waals surface area contributed by atoms with Crippen LogP contribution < -0.4 is 0 Å². The Hall–Kier alpha value is -1.32. The van der Waals surface area contributed by atoms with Gasteiger partial charge in [-0.25, -0.2) is 0 Å². The third-order valence-electron chi connectivity index (χ3n) is 1.64. The molecule has 0 aromatic heterocycles. The summed E-state index contributed by atoms with van der Waals surface area (Å²) in [7, 11) is 0. The quantitative estimate of drug-likeness (QED) is 0.470. The molecule has 4 heteroatoms. The number of ether oxygens (including phenoxy) is 2. The first kappa shape index (κ1) is 9.77. The van der Waals surface area contributed by atoms with E-state index < -0.39 is 0 Å². The van der Waals surface area contributed by atoms with Gasteiger partial charge in [0.2, 0.25) is 0 Å². The average molecular weight is 184 g/mol. The van der Waals surface area contributed by atoms with Crippen molar-refractivity contribution in [2.75, 3.05) is 0 Å². The molecule has 0 aliphatic heterocycles. The Kier molecular flexibility index (Phi) is 3.06. The van der Waals surface area contributed by atoms with Crippen molar-refractivity contribution in [1.29, 1.82) is 0 Å². The predicted octanol–water partition coefficient (Wildman–Crippen LogP) is 0.810. The first-order chi connectivity index (χ1) is 6.08. The molecule has 0 radical (unpaired) electrons. The smallest absolute Gasteiger partial charge is 0.303 e. The highest BCUT2D eigenvalue weighted by Gasteiger charge is 2.22. The van der Waals surface area contributed by atoms with E-state index in [0.717, 1.165) is 0 Å². The third kappa shape index (κ3) is 3.27. The van der Waals surface area contributed by atoms with Crippen LogP contribution in [0, 0.1) is 0 Å². The fraction of sp³-hybridized carbons (Fsp3) is 0.556. The number of carbonyl (C=O) groups is 2. The minimum Gasteiger partial charge on any atom is -0.458 e. The molecule has 0 fully saturated rings. The second-order valence-corrected chi connectivity index (χ2v) is 2.92. The molecule has 0 aromatic rings. The summed E-state index contributed by atoms with van der Waals surface area (Å²) in [5.41, 5.74) is 0. The Labute approximate surface area is 76.5 Å². The second kappa shape index (κ2) is 4.07. The van der Waals surface area contributed by atoms with Gasteiger partial charge in [-0.05, 0) is 12.2 Å². The Balaban J connectivity index is 2.33. The van der Waals surface area contributed by atoms with Gasteiger partial charge in [-0.1, -0.05) is 0 Å². The highest BCUT2D eigenvalue weighted by molar-refractivity contribution is 5.67. The topological polar surface area (TPSA) is 52.6 Å². The summed E-state index contributed by atoms with van der Waals surface area (Å²) in [6.07, 6.45) is 3.49. The van der Waals surface area contributed by atoms with Crippen molar-refractivity contribution in [3.8, 4) is 0 Å². The summed E-state index contributed by atoms with van der Waals surface area (Å²) < 4.78 is 9.81. The molecule has 0 N–H and O–H groups in total. The van der Waals surface area contributed by atoms with Gasteiger partial charge >= 0.3 is 11.9 Å². The highest BCUT2D eigenvalue weighted by atomic mass is 16.6. The van der Waals surface area contributed by atoms with Crippen LogP contribution in [0.25, 0.3) is 0 Å². The Morgan fingerprint density at radius 2 is 1.46 bits per heavy atom. The zero-order valence-corrected chi connectivity index (χ0v) is 7.65. The Morgan fingerprint density at radius 3 is 1.77 bits per heavy atom. The first-order valence-electron chi connectivity index (χ1n) is 4.10. The average Bonchev–Trinajstić information content (AvgIpc) is 2.33. The van der Waals surface area contributed by atoms with E-state index in [9.17, 15) is 9.59 Å². The number of carbonyl (C=O) groups excluding carboxylic acids is 2. The second-order valence-electron chi connectivity index (χ2n) is 2.92. The molecule has 1 unspecified atom stereocenters. The largest absolute Gasteiger partial charge is 0.458 e. The van der Waals surface area contributed by atoms with Crippen LogP contribution in [0.4, 0.5) is 0 Å². The molecular formula is C9H12O4. The molecule has 13 heavy (non-hydrogen) atoms. The van der Waals surface area contributed by atoms with E-state index in [2.05, 4.69) is 0 Å². The fourth-order valence-electron chi connectivity index (χ4n) is 1.24. The highest BCUT2D eigenvalue weighted by Crippen LogP contribution is 2.17. The number of esters is 2. The van der Waals surface area contributed by atoms with Gasteiger partial charge in [0, 0.05) is 20.3 Å². The van der Waals surface area contributed by atoms with Crippen LogP contribution in [0.5, 0.6) is 0 Å². The number of hydrogen-bond acceptors (Lipinski definition) is 4. The summed E-state index contributed by atoms with van der Waals surface area (Å²) in [5.74, 6) is -0.642. The van der Waals surface area contributed by atoms with Crippen LogP contribution in [0.3, 0.4) is 0 Å². The van der Waals surface area contributed by atoms with Crippen molar-refractivity contribution >= 4 is 11.9 Å². The van der Waals surface area contributed by atoms with Gasteiger partial charge in [-0.15, -0.1) is 0 Å². The van der Waals surface area contributed by atoms with E-state index >= 15 is 0 Å². The Morgan fingerprint density at radius 1 is 1.08 bits per heavy atom. The summed E-state index contributed by atoms with van der Waals surface area (Å²) in [6.45, 7) is 2.71. The van der Waals surface area contributed by atoms with Gasteiger partial charge in [0.1, 0.15) is 12.2 Å². The van der Waals surface area contributed by atoms with Crippen molar-refractivity contribution in [1.82, 2.24) is 0 Å². The molecule has 0 amide bonds. The van der Waals surface area contributed by atoms with E-state index in [-0.39, 0.29) is 24.1 Å². The van der Waals surface area contributed by atoms with Gasteiger partial charge in [0.05, 0.1) is 0 Å². The minimum absolute atomic E-state index is 0.248. The summed E-state index contributed by atoms with van der Waals surface area (Å²) in [4.78, 5) is 21.1. The van der Waals surface area contributed by atoms with Crippen LogP contribution in [0.15, 0.2) is 12.2 Å². The molecule has 0 spiro atoms. The van der Waals surface area contributed by atoms with Crippen molar-refractivity contribution in [3.63, 3.8) is 0 Å². The van der Waals surface area contributed by atoms with Gasteiger partial charge in [-0.3, -0.25) is 9.59 Å². The molecule has 0 bridgehead atoms. The summed E-state index contributed by atoms with van der Waals surface area (Å²) >= 11 is 0. The van der Waals surface area contributed by atoms with Crippen molar-refractivity contribution in [2.45, 2.75) is 32.5 Å². The van der Waals surface area contributed by atoms with Crippen molar-refractivity contribution in [2.24, 2.45) is 0 Å². The lowest BCUT2D eigenvalue weighted by molar-refractivity contribution is -0.147. The molecule has 1 aliphatic rings. The molecule has 1 rings (SSSR count). The van der Waals surface area contributed by atoms with Crippen LogP contribution in [-0.4, -0.2) is 24.1 Å². The van der Waals surface area contributed by atoms with E-state index in [1.807, 2.05) is 0 Å². The van der Waals surface area contributed by atoms with E-state index in [1.54, 1.807) is 12.2 Å². The van der Waals surface area contributed by atoms with E-state index in [0.29, 0.717) is 6.42 Å². The molecule has 0 saturated heterocycles. The zero-order chi connectivity index (χ0) is 9.84. The fourth-order valence-corrected chi connectivity index (χ4v) is 1.24. The lowest BCUT2D eigenvalue weighted by Crippen LogP contribution is -2.17. The molecular weight excluding hydrogens is 172 g/mol. The lowest BCUT2D eigenvalue weighted by atomic mass is 10.3. The monoisotopic (exact) mass is 184 g/mol. The van der Waals surface area contributed by atoms with Crippen LogP contribution in [0.2, 0.25) is 0 Å². The standard InChI is InChI=1S/C9H12O4/c1-6(10)12-8-3-4-9(5-8)13-7(2)11/h3-4,8-9H,5H2,1-2H3/t8-,9?/m0/s1. The molecule has 72 valence electrons. The summed E-state index contributed by atoms with van der Waals surface area (Å²) in [6, 6.07) is 0. The molecule has 4 nitrogen and oxygen atoms in total. The number of hydrogen-bond donors (Lipinski definition) is 0. The van der Waals surface area contributed by atoms with Crippen LogP contribution in [0.1, 0.15) is 20.3 Å². The van der Waals surface area contributed by atoms with Gasteiger partial charge in [-0.2, -0.15) is 0 Å².